The molecule has 2 N–H and O–H groups in total. The first-order valence-corrected chi connectivity index (χ1v) is 7.77. The zero-order chi connectivity index (χ0) is 14.7. The Labute approximate surface area is 126 Å². The zero-order valence-electron chi connectivity index (χ0n) is 12.3. The summed E-state index contributed by atoms with van der Waals surface area (Å²) in [6.07, 6.45) is 7.75. The van der Waals surface area contributed by atoms with Crippen LogP contribution in [-0.4, -0.2) is 18.1 Å². The maximum absolute atomic E-state index is 12.2. The number of benzene rings is 1. The molecule has 1 aromatic carbocycles. The standard InChI is InChI=1S/C17H23N3O/c1-2-8-14-9-6-7-12-17(14)13-18-16(21)20(19-17)15-10-4-3-5-11-15/h2-5,10-11,14,19H,1,6-9,12-13H2,(H,18,21)/t14-,17+/m1/s1. The van der Waals surface area contributed by atoms with E-state index in [0.717, 1.165) is 18.5 Å². The van der Waals surface area contributed by atoms with Gasteiger partial charge in [-0.05, 0) is 37.3 Å². The van der Waals surface area contributed by atoms with Gasteiger partial charge in [0.05, 0.1) is 11.2 Å². The van der Waals surface area contributed by atoms with Crippen LogP contribution in [-0.2, 0) is 0 Å². The fourth-order valence-electron chi connectivity index (χ4n) is 3.62. The van der Waals surface area contributed by atoms with Crippen molar-refractivity contribution in [3.05, 3.63) is 43.0 Å². The van der Waals surface area contributed by atoms with Gasteiger partial charge in [-0.3, -0.25) is 0 Å². The predicted molar refractivity (Wildman–Crippen MR) is 85.0 cm³/mol. The minimum atomic E-state index is -0.0743. The van der Waals surface area contributed by atoms with Crippen LogP contribution in [0.1, 0.15) is 32.1 Å². The molecule has 0 unspecified atom stereocenters. The first-order chi connectivity index (χ1) is 10.2. The highest BCUT2D eigenvalue weighted by Crippen LogP contribution is 2.38. The van der Waals surface area contributed by atoms with E-state index in [2.05, 4.69) is 17.3 Å². The number of nitrogens with one attached hydrogen (secondary N) is 2. The quantitative estimate of drug-likeness (QED) is 0.837. The molecule has 1 saturated heterocycles. The van der Waals surface area contributed by atoms with Crippen LogP contribution in [0.15, 0.2) is 43.0 Å². The highest BCUT2D eigenvalue weighted by Gasteiger charge is 2.45. The molecule has 1 aromatic rings. The van der Waals surface area contributed by atoms with E-state index >= 15 is 0 Å². The molecule has 0 radical (unpaired) electrons. The minimum absolute atomic E-state index is 0.0454. The van der Waals surface area contributed by atoms with Crippen LogP contribution in [0, 0.1) is 5.92 Å². The Bertz CT molecular complexity index is 516. The Morgan fingerprint density at radius 1 is 1.33 bits per heavy atom. The smallest absolute Gasteiger partial charge is 0.335 e. The van der Waals surface area contributed by atoms with Gasteiger partial charge in [-0.2, -0.15) is 0 Å². The average molecular weight is 285 g/mol. The highest BCUT2D eigenvalue weighted by molar-refractivity contribution is 5.92. The summed E-state index contributed by atoms with van der Waals surface area (Å²) in [5, 5.41) is 4.74. The van der Waals surface area contributed by atoms with Crippen molar-refractivity contribution in [3.63, 3.8) is 0 Å². The molecule has 21 heavy (non-hydrogen) atoms. The molecule has 2 atom stereocenters. The second-order valence-corrected chi connectivity index (χ2v) is 6.06. The number of carbonyl (C=O) groups excluding carboxylic acids is 1. The fraction of sp³-hybridized carbons (Fsp3) is 0.471. The zero-order valence-corrected chi connectivity index (χ0v) is 12.3. The molecule has 4 nitrogen and oxygen atoms in total. The third kappa shape index (κ3) is 2.68. The summed E-state index contributed by atoms with van der Waals surface area (Å²) in [6.45, 7) is 4.60. The number of rotatable bonds is 3. The first-order valence-electron chi connectivity index (χ1n) is 7.77. The van der Waals surface area contributed by atoms with Gasteiger partial charge in [0.25, 0.3) is 0 Å². The molecule has 1 aliphatic carbocycles. The molecule has 2 aliphatic rings. The summed E-state index contributed by atoms with van der Waals surface area (Å²) in [5.74, 6) is 0.524. The van der Waals surface area contributed by atoms with E-state index in [9.17, 15) is 4.79 Å². The number of nitrogens with zero attached hydrogens (tertiary/aromatic N) is 1. The summed E-state index contributed by atoms with van der Waals surface area (Å²) in [4.78, 5) is 12.2. The maximum atomic E-state index is 12.2. The van der Waals surface area contributed by atoms with E-state index in [1.54, 1.807) is 5.01 Å². The molecule has 1 heterocycles. The predicted octanol–water partition coefficient (Wildman–Crippen LogP) is 3.23. The van der Waals surface area contributed by atoms with Crippen LogP contribution in [0.2, 0.25) is 0 Å². The van der Waals surface area contributed by atoms with Crippen LogP contribution in [0.4, 0.5) is 10.5 Å². The molecule has 1 saturated carbocycles. The number of anilines is 1. The highest BCUT2D eigenvalue weighted by atomic mass is 16.2. The molecule has 1 aliphatic heterocycles. The Kier molecular flexibility index (Phi) is 3.97. The van der Waals surface area contributed by atoms with Crippen molar-refractivity contribution in [2.24, 2.45) is 5.92 Å². The number of allylic oxidation sites excluding steroid dienone is 1. The first kappa shape index (κ1) is 14.1. The van der Waals surface area contributed by atoms with Gasteiger partial charge in [0.15, 0.2) is 0 Å². The van der Waals surface area contributed by atoms with Crippen molar-refractivity contribution >= 4 is 11.7 Å². The molecule has 3 rings (SSSR count). The number of hydrazine groups is 1. The maximum Gasteiger partial charge on any atom is 0.336 e. The molecule has 2 amide bonds. The molecule has 4 heteroatoms. The van der Waals surface area contributed by atoms with Gasteiger partial charge in [-0.1, -0.05) is 37.1 Å². The largest absolute Gasteiger partial charge is 0.336 e. The SMILES string of the molecule is C=CC[C@@H]1CCCC[C@]12CNC(=O)N(c1ccccc1)N2. The van der Waals surface area contributed by atoms with Crippen molar-refractivity contribution in [1.29, 1.82) is 0 Å². The third-order valence-electron chi connectivity index (χ3n) is 4.77. The van der Waals surface area contributed by atoms with Gasteiger partial charge < -0.3 is 5.32 Å². The molecular weight excluding hydrogens is 262 g/mol. The van der Waals surface area contributed by atoms with E-state index in [0.29, 0.717) is 12.5 Å². The summed E-state index contributed by atoms with van der Waals surface area (Å²) < 4.78 is 0. The lowest BCUT2D eigenvalue weighted by Crippen LogP contribution is -2.72. The number of amides is 2. The molecule has 1 spiro atoms. The number of hydrogen-bond donors (Lipinski definition) is 2. The van der Waals surface area contributed by atoms with Crippen molar-refractivity contribution in [3.8, 4) is 0 Å². The Morgan fingerprint density at radius 3 is 2.90 bits per heavy atom. The Morgan fingerprint density at radius 2 is 2.14 bits per heavy atom. The molecule has 0 aromatic heterocycles. The molecule has 112 valence electrons. The molecule has 0 bridgehead atoms. The fourth-order valence-corrected chi connectivity index (χ4v) is 3.62. The summed E-state index contributed by atoms with van der Waals surface area (Å²) >= 11 is 0. The number of hydrogen-bond acceptors (Lipinski definition) is 2. The van der Waals surface area contributed by atoms with Gasteiger partial charge in [-0.15, -0.1) is 6.58 Å². The van der Waals surface area contributed by atoms with Crippen LogP contribution >= 0.6 is 0 Å². The van der Waals surface area contributed by atoms with E-state index < -0.39 is 0 Å². The molecular formula is C17H23N3O. The van der Waals surface area contributed by atoms with Gasteiger partial charge in [0.2, 0.25) is 0 Å². The Hall–Kier alpha value is -1.81. The van der Waals surface area contributed by atoms with Gasteiger partial charge >= 0.3 is 6.03 Å². The summed E-state index contributed by atoms with van der Waals surface area (Å²) in [7, 11) is 0. The minimum Gasteiger partial charge on any atom is -0.335 e. The lowest BCUT2D eigenvalue weighted by Gasteiger charge is -2.50. The van der Waals surface area contributed by atoms with Gasteiger partial charge in [-0.25, -0.2) is 15.2 Å². The monoisotopic (exact) mass is 285 g/mol. The number of urea groups is 1. The third-order valence-corrected chi connectivity index (χ3v) is 4.77. The van der Waals surface area contributed by atoms with Crippen molar-refractivity contribution in [2.75, 3.05) is 11.6 Å². The summed E-state index contributed by atoms with van der Waals surface area (Å²) in [6, 6.07) is 9.70. The van der Waals surface area contributed by atoms with Gasteiger partial charge in [0, 0.05) is 6.54 Å². The second kappa shape index (κ2) is 5.90. The lowest BCUT2D eigenvalue weighted by molar-refractivity contribution is 0.121. The number of carbonyl (C=O) groups is 1. The van der Waals surface area contributed by atoms with E-state index in [4.69, 9.17) is 0 Å². The van der Waals surface area contributed by atoms with Gasteiger partial charge in [0.1, 0.15) is 0 Å². The van der Waals surface area contributed by atoms with Crippen LogP contribution in [0.5, 0.6) is 0 Å². The van der Waals surface area contributed by atoms with Crippen molar-refractivity contribution < 1.29 is 4.79 Å². The van der Waals surface area contributed by atoms with Crippen molar-refractivity contribution in [2.45, 2.75) is 37.6 Å². The Balaban J connectivity index is 1.87. The normalized spacial score (nSPS) is 29.2. The lowest BCUT2D eigenvalue weighted by atomic mass is 9.71. The van der Waals surface area contributed by atoms with E-state index in [-0.39, 0.29) is 11.6 Å². The van der Waals surface area contributed by atoms with Crippen LogP contribution < -0.4 is 15.8 Å². The van der Waals surface area contributed by atoms with E-state index in [1.807, 2.05) is 36.4 Å². The van der Waals surface area contributed by atoms with Crippen LogP contribution in [0.25, 0.3) is 0 Å². The number of para-hydroxylation sites is 1. The van der Waals surface area contributed by atoms with E-state index in [1.165, 1.54) is 19.3 Å². The summed E-state index contributed by atoms with van der Waals surface area (Å²) in [5.41, 5.74) is 4.38. The molecule has 2 fully saturated rings. The topological polar surface area (TPSA) is 44.4 Å². The second-order valence-electron chi connectivity index (χ2n) is 6.06. The van der Waals surface area contributed by atoms with Crippen LogP contribution in [0.3, 0.4) is 0 Å². The average Bonchev–Trinajstić information content (AvgIpc) is 2.53. The van der Waals surface area contributed by atoms with Crippen molar-refractivity contribution in [1.82, 2.24) is 10.7 Å².